The fourth-order valence-electron chi connectivity index (χ4n) is 3.78. The van der Waals surface area contributed by atoms with Crippen molar-refractivity contribution in [1.29, 1.82) is 0 Å². The minimum Gasteiger partial charge on any atom is -0.261 e. The van der Waals surface area contributed by atoms with E-state index in [1.807, 2.05) is 18.2 Å². The maximum Gasteiger partial charge on any atom is 0.161 e. The summed E-state index contributed by atoms with van der Waals surface area (Å²) >= 11 is 0. The van der Waals surface area contributed by atoms with Gasteiger partial charge in [-0.15, -0.1) is 0 Å². The lowest BCUT2D eigenvalue weighted by Gasteiger charge is -2.23. The van der Waals surface area contributed by atoms with Crippen molar-refractivity contribution in [2.75, 3.05) is 0 Å². The number of amidine groups is 2. The first-order valence-corrected chi connectivity index (χ1v) is 12.6. The highest BCUT2D eigenvalue weighted by atomic mass is 15.0. The molecule has 0 aromatic heterocycles. The van der Waals surface area contributed by atoms with E-state index in [0.29, 0.717) is 18.2 Å². The molecule has 3 aromatic carbocycles. The maximum absolute atomic E-state index is 4.91. The second-order valence-electron chi connectivity index (χ2n) is 10.3. The van der Waals surface area contributed by atoms with Gasteiger partial charge in [0.15, 0.2) is 11.7 Å². The van der Waals surface area contributed by atoms with Crippen LogP contribution in [0, 0.1) is 0 Å². The van der Waals surface area contributed by atoms with E-state index in [9.17, 15) is 0 Å². The molecule has 0 spiro atoms. The highest BCUT2D eigenvalue weighted by Gasteiger charge is 2.19. The summed E-state index contributed by atoms with van der Waals surface area (Å²) in [5, 5.41) is 0. The Hall–Kier alpha value is -3.33. The average molecular weight is 466 g/mol. The molecule has 0 aliphatic rings. The van der Waals surface area contributed by atoms with Gasteiger partial charge in [0.25, 0.3) is 0 Å². The fourth-order valence-corrected chi connectivity index (χ4v) is 3.78. The highest BCUT2D eigenvalue weighted by molar-refractivity contribution is 6.12. The summed E-state index contributed by atoms with van der Waals surface area (Å²) in [5.41, 5.74) is 5.93. The Bertz CT molecular complexity index is 1170. The first kappa shape index (κ1) is 26.3. The zero-order valence-electron chi connectivity index (χ0n) is 22.2. The van der Waals surface area contributed by atoms with E-state index in [4.69, 9.17) is 9.98 Å². The normalized spacial score (nSPS) is 13.1. The molecule has 3 heteroatoms. The van der Waals surface area contributed by atoms with Gasteiger partial charge >= 0.3 is 0 Å². The van der Waals surface area contributed by atoms with E-state index < -0.39 is 0 Å². The second kappa shape index (κ2) is 11.4. The van der Waals surface area contributed by atoms with Gasteiger partial charge in [0.05, 0.1) is 6.54 Å². The van der Waals surface area contributed by atoms with Crippen LogP contribution >= 0.6 is 0 Å². The molecule has 35 heavy (non-hydrogen) atoms. The van der Waals surface area contributed by atoms with Crippen LogP contribution in [0.15, 0.2) is 93.8 Å². The van der Waals surface area contributed by atoms with Gasteiger partial charge in [-0.3, -0.25) is 4.99 Å². The topological polar surface area (TPSA) is 37.1 Å². The van der Waals surface area contributed by atoms with E-state index in [1.165, 1.54) is 11.1 Å². The minimum atomic E-state index is 0.130. The molecule has 0 amide bonds. The van der Waals surface area contributed by atoms with Crippen molar-refractivity contribution < 1.29 is 0 Å². The fraction of sp³-hybridized carbons (Fsp3) is 0.344. The minimum absolute atomic E-state index is 0.130. The largest absolute Gasteiger partial charge is 0.261 e. The van der Waals surface area contributed by atoms with Crippen LogP contribution in [0.25, 0.3) is 0 Å². The van der Waals surface area contributed by atoms with Crippen molar-refractivity contribution in [2.24, 2.45) is 15.0 Å². The maximum atomic E-state index is 4.91. The van der Waals surface area contributed by atoms with Gasteiger partial charge in [-0.2, -0.15) is 0 Å². The molecule has 0 aliphatic carbocycles. The summed E-state index contributed by atoms with van der Waals surface area (Å²) in [4.78, 5) is 14.1. The molecule has 182 valence electrons. The Morgan fingerprint density at radius 2 is 1.11 bits per heavy atom. The highest BCUT2D eigenvalue weighted by Crippen LogP contribution is 2.28. The molecule has 0 N–H and O–H groups in total. The summed E-state index contributed by atoms with van der Waals surface area (Å²) in [6.07, 6.45) is 2.16. The quantitative estimate of drug-likeness (QED) is 0.238. The first-order chi connectivity index (χ1) is 16.7. The van der Waals surface area contributed by atoms with E-state index in [1.54, 1.807) is 0 Å². The molecule has 0 radical (unpaired) electrons. The van der Waals surface area contributed by atoms with Crippen LogP contribution in [-0.4, -0.2) is 18.4 Å². The van der Waals surface area contributed by atoms with Gasteiger partial charge in [0.2, 0.25) is 0 Å². The first-order valence-electron chi connectivity index (χ1n) is 12.6. The summed E-state index contributed by atoms with van der Waals surface area (Å²) in [6.45, 7) is 17.9. The van der Waals surface area contributed by atoms with Crippen molar-refractivity contribution >= 4 is 18.4 Å². The number of nitrogens with zero attached hydrogens (tertiary/aromatic N) is 3. The summed E-state index contributed by atoms with van der Waals surface area (Å²) < 4.78 is 0. The Morgan fingerprint density at radius 3 is 1.54 bits per heavy atom. The second-order valence-corrected chi connectivity index (χ2v) is 10.3. The average Bonchev–Trinajstić information content (AvgIpc) is 2.89. The zero-order chi connectivity index (χ0) is 25.5. The summed E-state index contributed by atoms with van der Waals surface area (Å²) in [6, 6.07) is 27.4. The van der Waals surface area contributed by atoms with Crippen molar-refractivity contribution in [3.8, 4) is 0 Å². The van der Waals surface area contributed by atoms with Crippen molar-refractivity contribution in [2.45, 2.75) is 71.8 Å². The van der Waals surface area contributed by atoms with Gasteiger partial charge < -0.3 is 0 Å². The van der Waals surface area contributed by atoms with Crippen LogP contribution in [0.5, 0.6) is 0 Å². The van der Waals surface area contributed by atoms with Crippen molar-refractivity contribution in [3.63, 3.8) is 0 Å². The molecule has 3 nitrogen and oxygen atoms in total. The van der Waals surface area contributed by atoms with Crippen molar-refractivity contribution in [3.05, 3.63) is 107 Å². The predicted molar refractivity (Wildman–Crippen MR) is 152 cm³/mol. The van der Waals surface area contributed by atoms with Gasteiger partial charge in [-0.05, 0) is 47.1 Å². The number of benzene rings is 3. The standard InChI is InChI=1S/C32H39N3/c1-8-31(3,4)27-19-15-25(16-20-27)29(33-7)35-30(34-23-24-13-11-10-12-14-24)26-17-21-28(22-18-26)32(5,6)9-2/h10-22H,7-9,23H2,1-6H3. The Kier molecular flexibility index (Phi) is 8.56. The van der Waals surface area contributed by atoms with Crippen LogP contribution in [0.4, 0.5) is 0 Å². The van der Waals surface area contributed by atoms with Crippen molar-refractivity contribution in [1.82, 2.24) is 0 Å². The van der Waals surface area contributed by atoms with Crippen LogP contribution in [-0.2, 0) is 17.4 Å². The Morgan fingerprint density at radius 1 is 0.657 bits per heavy atom. The monoisotopic (exact) mass is 465 g/mol. The SMILES string of the molecule is C=NC(=NC(=NCc1ccccc1)c1ccc(C(C)(C)CC)cc1)c1ccc(C(C)(C)CC)cc1. The summed E-state index contributed by atoms with van der Waals surface area (Å²) in [5.74, 6) is 1.24. The summed E-state index contributed by atoms with van der Waals surface area (Å²) in [7, 11) is 0. The van der Waals surface area contributed by atoms with Crippen LogP contribution < -0.4 is 0 Å². The molecule has 0 unspecified atom stereocenters. The third kappa shape index (κ3) is 6.63. The molecule has 0 heterocycles. The Balaban J connectivity index is 2.01. The third-order valence-electron chi connectivity index (χ3n) is 7.23. The Labute approximate surface area is 211 Å². The van der Waals surface area contributed by atoms with Gasteiger partial charge in [-0.1, -0.05) is 120 Å². The van der Waals surface area contributed by atoms with E-state index >= 15 is 0 Å². The molecule has 0 atom stereocenters. The van der Waals surface area contributed by atoms with Crippen LogP contribution in [0.1, 0.15) is 82.2 Å². The third-order valence-corrected chi connectivity index (χ3v) is 7.23. The van der Waals surface area contributed by atoms with Gasteiger partial charge in [-0.25, -0.2) is 9.98 Å². The van der Waals surface area contributed by atoms with E-state index in [0.717, 1.165) is 29.5 Å². The zero-order valence-corrected chi connectivity index (χ0v) is 22.2. The smallest absolute Gasteiger partial charge is 0.161 e. The lowest BCUT2D eigenvalue weighted by Crippen LogP contribution is -2.16. The number of hydrogen-bond acceptors (Lipinski definition) is 1. The molecular weight excluding hydrogens is 426 g/mol. The van der Waals surface area contributed by atoms with Crippen LogP contribution in [0.3, 0.4) is 0 Å². The van der Waals surface area contributed by atoms with Gasteiger partial charge in [0.1, 0.15) is 0 Å². The molecule has 0 bridgehead atoms. The molecule has 0 aliphatic heterocycles. The lowest BCUT2D eigenvalue weighted by molar-refractivity contribution is 0.506. The molecule has 0 saturated heterocycles. The van der Waals surface area contributed by atoms with E-state index in [2.05, 4.69) is 114 Å². The number of rotatable bonds is 8. The molecule has 3 aromatic rings. The molecular formula is C32H39N3. The van der Waals surface area contributed by atoms with E-state index in [-0.39, 0.29) is 10.8 Å². The van der Waals surface area contributed by atoms with Gasteiger partial charge in [0, 0.05) is 11.1 Å². The molecule has 3 rings (SSSR count). The molecule has 0 fully saturated rings. The van der Waals surface area contributed by atoms with Crippen LogP contribution in [0.2, 0.25) is 0 Å². The molecule has 0 saturated carbocycles. The lowest BCUT2D eigenvalue weighted by atomic mass is 9.82. The number of aliphatic imine (C=N–C) groups is 3. The predicted octanol–water partition coefficient (Wildman–Crippen LogP) is 8.16. The number of hydrogen-bond donors (Lipinski definition) is 0.